The van der Waals surface area contributed by atoms with Crippen LogP contribution in [-0.2, 0) is 0 Å². The van der Waals surface area contributed by atoms with Gasteiger partial charge in [-0.1, -0.05) is 18.2 Å². The van der Waals surface area contributed by atoms with Gasteiger partial charge in [-0.3, -0.25) is 29.4 Å². The van der Waals surface area contributed by atoms with Gasteiger partial charge >= 0.3 is 0 Å². The highest BCUT2D eigenvalue weighted by molar-refractivity contribution is 6.26. The maximum Gasteiger partial charge on any atom is 0.280 e. The largest absolute Gasteiger partial charge is 0.295 e. The van der Waals surface area contributed by atoms with Crippen molar-refractivity contribution in [3.8, 4) is 5.69 Å². The Kier molecular flexibility index (Phi) is 4.63. The molecule has 1 N–H and O–H groups in total. The molecule has 164 valence electrons. The van der Waals surface area contributed by atoms with E-state index in [0.717, 1.165) is 21.7 Å². The van der Waals surface area contributed by atoms with E-state index < -0.39 is 0 Å². The number of rotatable bonds is 3. The van der Waals surface area contributed by atoms with Crippen LogP contribution in [0.25, 0.3) is 16.5 Å². The summed E-state index contributed by atoms with van der Waals surface area (Å²) >= 11 is 0. The molecule has 0 atom stereocenters. The number of aliphatic imine (C=N–C) groups is 1. The van der Waals surface area contributed by atoms with Crippen LogP contribution in [0.2, 0.25) is 0 Å². The van der Waals surface area contributed by atoms with Gasteiger partial charge in [-0.2, -0.15) is 0 Å². The molecule has 33 heavy (non-hydrogen) atoms. The van der Waals surface area contributed by atoms with Crippen LogP contribution in [-0.4, -0.2) is 39.8 Å². The van der Waals surface area contributed by atoms with E-state index in [2.05, 4.69) is 10.1 Å². The Hall–Kier alpha value is -4.26. The van der Waals surface area contributed by atoms with E-state index in [1.165, 1.54) is 17.9 Å². The summed E-state index contributed by atoms with van der Waals surface area (Å²) < 4.78 is 1.51. The summed E-state index contributed by atoms with van der Waals surface area (Å²) in [5.41, 5.74) is 5.47. The number of hydrogen-bond acceptors (Lipinski definition) is 4. The van der Waals surface area contributed by atoms with Crippen molar-refractivity contribution in [2.75, 3.05) is 7.05 Å². The van der Waals surface area contributed by atoms with Gasteiger partial charge in [0.25, 0.3) is 17.4 Å². The number of nitrogens with one attached hydrogen (secondary N) is 1. The molecule has 2 amide bonds. The van der Waals surface area contributed by atoms with Crippen molar-refractivity contribution in [3.05, 3.63) is 92.4 Å². The second-order valence-corrected chi connectivity index (χ2v) is 8.35. The number of hydrogen-bond donors (Lipinski definition) is 1. The van der Waals surface area contributed by atoms with Gasteiger partial charge in [-0.05, 0) is 62.2 Å². The maximum absolute atomic E-state index is 13.1. The number of aryl methyl sites for hydroxylation is 3. The molecular formula is C26H22N4O3. The number of imide groups is 1. The Labute approximate surface area is 190 Å². The minimum absolute atomic E-state index is 0.200. The zero-order chi connectivity index (χ0) is 23.4. The zero-order valence-corrected chi connectivity index (χ0v) is 18.8. The Morgan fingerprint density at radius 3 is 2.33 bits per heavy atom. The summed E-state index contributed by atoms with van der Waals surface area (Å²) in [6.45, 7) is 5.86. The lowest BCUT2D eigenvalue weighted by Gasteiger charge is -2.24. The molecule has 0 fully saturated rings. The molecule has 1 aromatic heterocycles. The summed E-state index contributed by atoms with van der Waals surface area (Å²) in [6.07, 6.45) is 1.54. The first-order valence-corrected chi connectivity index (χ1v) is 10.6. The topological polar surface area (TPSA) is 87.5 Å². The molecule has 0 spiro atoms. The van der Waals surface area contributed by atoms with Crippen molar-refractivity contribution < 1.29 is 9.59 Å². The fourth-order valence-electron chi connectivity index (χ4n) is 4.21. The molecule has 2 heterocycles. The normalized spacial score (nSPS) is 13.5. The van der Waals surface area contributed by atoms with Gasteiger partial charge < -0.3 is 0 Å². The number of amides is 2. The lowest BCUT2D eigenvalue weighted by molar-refractivity contribution is 0.0650. The van der Waals surface area contributed by atoms with E-state index in [-0.39, 0.29) is 17.4 Å². The Morgan fingerprint density at radius 2 is 1.61 bits per heavy atom. The molecule has 0 bridgehead atoms. The number of carbonyl (C=O) groups excluding carboxylic acids is 2. The third-order valence-corrected chi connectivity index (χ3v) is 6.29. The van der Waals surface area contributed by atoms with Crippen molar-refractivity contribution in [2.24, 2.45) is 4.99 Å². The van der Waals surface area contributed by atoms with Crippen LogP contribution >= 0.6 is 0 Å². The van der Waals surface area contributed by atoms with Crippen LogP contribution in [0.1, 0.15) is 43.1 Å². The van der Waals surface area contributed by atoms with Crippen molar-refractivity contribution in [3.63, 3.8) is 0 Å². The van der Waals surface area contributed by atoms with Crippen molar-refractivity contribution in [1.82, 2.24) is 14.7 Å². The van der Waals surface area contributed by atoms with Gasteiger partial charge in [-0.25, -0.2) is 4.68 Å². The standard InChI is InChI=1S/C26H22N4O3/c1-14-8-9-17(12-15(14)2)30-26(33)21(16(3)28-30)13-27-22-11-10-20-23-18(22)6-5-7-19(23)24(31)29(4)25(20)32/h5-13,28H,1-4H3. The Bertz CT molecular complexity index is 1550. The molecule has 0 aliphatic carbocycles. The average Bonchev–Trinajstić information content (AvgIpc) is 3.09. The molecule has 0 saturated carbocycles. The molecule has 0 radical (unpaired) electrons. The lowest BCUT2D eigenvalue weighted by atomic mass is 9.93. The van der Waals surface area contributed by atoms with Crippen molar-refractivity contribution in [2.45, 2.75) is 20.8 Å². The second kappa shape index (κ2) is 7.41. The highest BCUT2D eigenvalue weighted by Crippen LogP contribution is 2.35. The van der Waals surface area contributed by atoms with Crippen LogP contribution in [0.15, 0.2) is 58.3 Å². The van der Waals surface area contributed by atoms with Gasteiger partial charge in [0.1, 0.15) is 0 Å². The number of carbonyl (C=O) groups is 2. The first-order valence-electron chi connectivity index (χ1n) is 10.6. The number of benzene rings is 3. The van der Waals surface area contributed by atoms with E-state index in [1.54, 1.807) is 24.3 Å². The number of aromatic amines is 1. The van der Waals surface area contributed by atoms with E-state index in [4.69, 9.17) is 0 Å². The lowest BCUT2D eigenvalue weighted by Crippen LogP contribution is -2.36. The summed E-state index contributed by atoms with van der Waals surface area (Å²) in [4.78, 5) is 44.0. The van der Waals surface area contributed by atoms with E-state index >= 15 is 0 Å². The minimum Gasteiger partial charge on any atom is -0.295 e. The second-order valence-electron chi connectivity index (χ2n) is 8.35. The number of H-pyrrole nitrogens is 1. The molecule has 3 aromatic carbocycles. The summed E-state index contributed by atoms with van der Waals surface area (Å²) in [5, 5.41) is 4.41. The average molecular weight is 438 g/mol. The highest BCUT2D eigenvalue weighted by atomic mass is 16.2. The molecule has 0 saturated heterocycles. The first-order chi connectivity index (χ1) is 15.8. The highest BCUT2D eigenvalue weighted by Gasteiger charge is 2.30. The smallest absolute Gasteiger partial charge is 0.280 e. The first kappa shape index (κ1) is 20.6. The van der Waals surface area contributed by atoms with Gasteiger partial charge in [0, 0.05) is 40.9 Å². The van der Waals surface area contributed by atoms with E-state index in [9.17, 15) is 14.4 Å². The molecule has 0 unspecified atom stereocenters. The number of aromatic nitrogens is 2. The molecule has 5 rings (SSSR count). The van der Waals surface area contributed by atoms with Gasteiger partial charge in [0.15, 0.2) is 0 Å². The monoisotopic (exact) mass is 438 g/mol. The van der Waals surface area contributed by atoms with Crippen LogP contribution in [0.5, 0.6) is 0 Å². The summed E-state index contributed by atoms with van der Waals surface area (Å²) in [5.74, 6) is -0.672. The van der Waals surface area contributed by atoms with Gasteiger partial charge in [0.2, 0.25) is 0 Å². The predicted molar refractivity (Wildman–Crippen MR) is 128 cm³/mol. The predicted octanol–water partition coefficient (Wildman–Crippen LogP) is 4.22. The van der Waals surface area contributed by atoms with Gasteiger partial charge in [-0.15, -0.1) is 0 Å². The molecule has 7 nitrogen and oxygen atoms in total. The maximum atomic E-state index is 13.1. The molecule has 4 aromatic rings. The van der Waals surface area contributed by atoms with Gasteiger partial charge in [0.05, 0.1) is 16.9 Å². The zero-order valence-electron chi connectivity index (χ0n) is 18.8. The minimum atomic E-state index is -0.336. The summed E-state index contributed by atoms with van der Waals surface area (Å²) in [7, 11) is 1.48. The molecule has 1 aliphatic heterocycles. The quantitative estimate of drug-likeness (QED) is 0.384. The molecular weight excluding hydrogens is 416 g/mol. The molecule has 7 heteroatoms. The fourth-order valence-corrected chi connectivity index (χ4v) is 4.21. The van der Waals surface area contributed by atoms with Crippen molar-refractivity contribution >= 4 is 34.5 Å². The van der Waals surface area contributed by atoms with Crippen molar-refractivity contribution in [1.29, 1.82) is 0 Å². The third kappa shape index (κ3) is 3.12. The number of nitrogens with zero attached hydrogens (tertiary/aromatic N) is 3. The van der Waals surface area contributed by atoms with Crippen LogP contribution in [0.3, 0.4) is 0 Å². The molecule has 1 aliphatic rings. The fraction of sp³-hybridized carbons (Fsp3) is 0.154. The van der Waals surface area contributed by atoms with Crippen LogP contribution in [0, 0.1) is 20.8 Å². The SMILES string of the molecule is Cc1ccc(-n2[nH]c(C)c(C=Nc3ccc4c5c(cccc35)C(=O)N(C)C4=O)c2=O)cc1C. The van der Waals surface area contributed by atoms with Crippen LogP contribution < -0.4 is 5.56 Å². The third-order valence-electron chi connectivity index (χ3n) is 6.29. The Morgan fingerprint density at radius 1 is 0.879 bits per heavy atom. The Balaban J connectivity index is 1.61. The van der Waals surface area contributed by atoms with Crippen LogP contribution in [0.4, 0.5) is 5.69 Å². The summed E-state index contributed by atoms with van der Waals surface area (Å²) in [6, 6.07) is 14.6. The van der Waals surface area contributed by atoms with E-state index in [0.29, 0.717) is 38.8 Å². The van der Waals surface area contributed by atoms with E-state index in [1.807, 2.05) is 45.0 Å².